The zero-order chi connectivity index (χ0) is 20.0. The molecular formula is C16H20N4O5S2. The monoisotopic (exact) mass is 412 g/mol. The Hall–Kier alpha value is -2.40. The van der Waals surface area contributed by atoms with Crippen LogP contribution in [0.1, 0.15) is 36.3 Å². The minimum atomic E-state index is -0.794. The molecule has 27 heavy (non-hydrogen) atoms. The number of hydrogen-bond donors (Lipinski definition) is 2. The predicted molar refractivity (Wildman–Crippen MR) is 104 cm³/mol. The van der Waals surface area contributed by atoms with E-state index in [0.29, 0.717) is 29.6 Å². The number of anilines is 1. The molecule has 0 atom stereocenters. The zero-order valence-electron chi connectivity index (χ0n) is 14.9. The lowest BCUT2D eigenvalue weighted by Gasteiger charge is -2.10. The highest BCUT2D eigenvalue weighted by atomic mass is 32.2. The van der Waals surface area contributed by atoms with Crippen LogP contribution >= 0.6 is 23.1 Å². The molecule has 2 aromatic rings. The number of ketones is 1. The standard InChI is InChI=1S/C16H20N4O5S2/c1-3-5-20-13(17)12(14(23)19-15(20)24)10(21)8-27-16-18-9(7-26-16)6-11(22)25-4-2/h7H,3-6,8,17H2,1-2H3,(H,19,23,24). The number of Topliss-reactive ketones (excluding diaryl/α,β-unsaturated/α-hetero) is 1. The third-order valence-corrected chi connectivity index (χ3v) is 5.52. The first-order valence-electron chi connectivity index (χ1n) is 8.25. The van der Waals surface area contributed by atoms with Crippen LogP contribution in [0.5, 0.6) is 0 Å². The van der Waals surface area contributed by atoms with Gasteiger partial charge in [0.1, 0.15) is 11.4 Å². The van der Waals surface area contributed by atoms with Crippen LogP contribution in [0.25, 0.3) is 0 Å². The summed E-state index contributed by atoms with van der Waals surface area (Å²) in [6.07, 6.45) is 0.689. The Labute approximate surface area is 163 Å². The summed E-state index contributed by atoms with van der Waals surface area (Å²) < 4.78 is 6.63. The van der Waals surface area contributed by atoms with E-state index in [9.17, 15) is 19.2 Å². The van der Waals surface area contributed by atoms with Gasteiger partial charge in [-0.3, -0.25) is 23.9 Å². The molecule has 3 N–H and O–H groups in total. The van der Waals surface area contributed by atoms with Gasteiger partial charge >= 0.3 is 11.7 Å². The van der Waals surface area contributed by atoms with Crippen LogP contribution in [0.15, 0.2) is 19.3 Å². The molecule has 0 amide bonds. The Bertz CT molecular complexity index is 947. The molecule has 0 aliphatic carbocycles. The Morgan fingerprint density at radius 3 is 2.78 bits per heavy atom. The summed E-state index contributed by atoms with van der Waals surface area (Å²) in [4.78, 5) is 54.1. The second kappa shape index (κ2) is 9.51. The van der Waals surface area contributed by atoms with Crippen molar-refractivity contribution < 1.29 is 14.3 Å². The van der Waals surface area contributed by atoms with Crippen molar-refractivity contribution in [2.75, 3.05) is 18.1 Å². The van der Waals surface area contributed by atoms with Gasteiger partial charge in [0.05, 0.1) is 24.5 Å². The molecule has 2 aromatic heterocycles. The van der Waals surface area contributed by atoms with Crippen LogP contribution < -0.4 is 17.0 Å². The molecule has 0 aliphatic rings. The molecule has 0 radical (unpaired) electrons. The molecule has 2 rings (SSSR count). The molecular weight excluding hydrogens is 392 g/mol. The molecule has 0 saturated carbocycles. The normalized spacial score (nSPS) is 10.7. The quantitative estimate of drug-likeness (QED) is 0.354. The number of carbonyl (C=O) groups is 2. The van der Waals surface area contributed by atoms with Crippen molar-refractivity contribution in [1.82, 2.24) is 14.5 Å². The number of esters is 1. The second-order valence-electron chi connectivity index (χ2n) is 5.47. The Morgan fingerprint density at radius 2 is 2.11 bits per heavy atom. The van der Waals surface area contributed by atoms with Crippen LogP contribution in [-0.4, -0.2) is 38.6 Å². The third kappa shape index (κ3) is 5.30. The molecule has 9 nitrogen and oxygen atoms in total. The molecule has 0 fully saturated rings. The Morgan fingerprint density at radius 1 is 1.37 bits per heavy atom. The number of thiazole rings is 1. The van der Waals surface area contributed by atoms with Crippen molar-refractivity contribution in [3.05, 3.63) is 37.5 Å². The summed E-state index contributed by atoms with van der Waals surface area (Å²) in [5, 5.41) is 1.71. The minimum Gasteiger partial charge on any atom is -0.466 e. The van der Waals surface area contributed by atoms with E-state index in [-0.39, 0.29) is 29.5 Å². The van der Waals surface area contributed by atoms with E-state index in [1.807, 2.05) is 6.92 Å². The number of aromatic nitrogens is 3. The molecule has 0 saturated heterocycles. The molecule has 11 heteroatoms. The molecule has 0 unspecified atom stereocenters. The molecule has 2 heterocycles. The zero-order valence-corrected chi connectivity index (χ0v) is 16.6. The number of hydrogen-bond acceptors (Lipinski definition) is 9. The van der Waals surface area contributed by atoms with Gasteiger partial charge in [-0.15, -0.1) is 11.3 Å². The highest BCUT2D eigenvalue weighted by Crippen LogP contribution is 2.24. The Kier molecular flexibility index (Phi) is 7.36. The molecule has 146 valence electrons. The van der Waals surface area contributed by atoms with Gasteiger partial charge in [-0.25, -0.2) is 9.78 Å². The van der Waals surface area contributed by atoms with Gasteiger partial charge in [0, 0.05) is 11.9 Å². The first-order valence-corrected chi connectivity index (χ1v) is 10.1. The van der Waals surface area contributed by atoms with Gasteiger partial charge in [-0.1, -0.05) is 18.7 Å². The van der Waals surface area contributed by atoms with Gasteiger partial charge in [-0.2, -0.15) is 0 Å². The smallest absolute Gasteiger partial charge is 0.329 e. The largest absolute Gasteiger partial charge is 0.466 e. The first kappa shape index (κ1) is 20.9. The van der Waals surface area contributed by atoms with Gasteiger partial charge in [0.25, 0.3) is 5.56 Å². The van der Waals surface area contributed by atoms with Crippen molar-refractivity contribution in [1.29, 1.82) is 0 Å². The second-order valence-corrected chi connectivity index (χ2v) is 7.55. The van der Waals surface area contributed by atoms with E-state index in [1.54, 1.807) is 12.3 Å². The van der Waals surface area contributed by atoms with Crippen LogP contribution in [0.3, 0.4) is 0 Å². The fourth-order valence-electron chi connectivity index (χ4n) is 2.30. The average Bonchev–Trinajstić information content (AvgIpc) is 3.04. The molecule has 0 aliphatic heterocycles. The van der Waals surface area contributed by atoms with Crippen molar-refractivity contribution in [3.63, 3.8) is 0 Å². The highest BCUT2D eigenvalue weighted by Gasteiger charge is 2.20. The Balaban J connectivity index is 2.09. The van der Waals surface area contributed by atoms with E-state index in [0.717, 1.165) is 11.8 Å². The minimum absolute atomic E-state index is 0.0629. The fourth-order valence-corrected chi connectivity index (χ4v) is 4.01. The average molecular weight is 412 g/mol. The van der Waals surface area contributed by atoms with Crippen LogP contribution in [0.4, 0.5) is 5.82 Å². The lowest BCUT2D eigenvalue weighted by atomic mass is 10.2. The maximum Gasteiger partial charge on any atom is 0.329 e. The molecule has 0 spiro atoms. The van der Waals surface area contributed by atoms with Crippen molar-refractivity contribution in [2.45, 2.75) is 37.6 Å². The predicted octanol–water partition coefficient (Wildman–Crippen LogP) is 1.07. The SMILES string of the molecule is CCCn1c(N)c(C(=O)CSc2nc(CC(=O)OCC)cs2)c(=O)[nH]c1=O. The van der Waals surface area contributed by atoms with Crippen molar-refractivity contribution in [2.24, 2.45) is 0 Å². The number of nitrogen functional groups attached to an aromatic ring is 1. The highest BCUT2D eigenvalue weighted by molar-refractivity contribution is 8.01. The molecule has 0 aromatic carbocycles. The number of H-pyrrole nitrogens is 1. The van der Waals surface area contributed by atoms with E-state index in [4.69, 9.17) is 10.5 Å². The topological polar surface area (TPSA) is 137 Å². The van der Waals surface area contributed by atoms with Gasteiger partial charge in [0.15, 0.2) is 10.1 Å². The van der Waals surface area contributed by atoms with E-state index in [1.165, 1.54) is 15.9 Å². The maximum atomic E-state index is 12.5. The van der Waals surface area contributed by atoms with E-state index in [2.05, 4.69) is 9.97 Å². The van der Waals surface area contributed by atoms with Crippen LogP contribution in [-0.2, 0) is 22.5 Å². The number of nitrogens with two attached hydrogens (primary N) is 1. The van der Waals surface area contributed by atoms with Gasteiger partial charge < -0.3 is 10.5 Å². The van der Waals surface area contributed by atoms with Gasteiger partial charge in [-0.05, 0) is 13.3 Å². The third-order valence-electron chi connectivity index (χ3n) is 3.45. The number of thioether (sulfide) groups is 1. The number of aromatic amines is 1. The maximum absolute atomic E-state index is 12.5. The first-order chi connectivity index (χ1) is 12.9. The van der Waals surface area contributed by atoms with Gasteiger partial charge in [0.2, 0.25) is 0 Å². The number of nitrogens with zero attached hydrogens (tertiary/aromatic N) is 2. The number of nitrogens with one attached hydrogen (secondary N) is 1. The lowest BCUT2D eigenvalue weighted by molar-refractivity contribution is -0.142. The number of rotatable bonds is 9. The van der Waals surface area contributed by atoms with Crippen molar-refractivity contribution in [3.8, 4) is 0 Å². The van der Waals surface area contributed by atoms with Crippen molar-refractivity contribution >= 4 is 40.7 Å². The van der Waals surface area contributed by atoms with E-state index < -0.39 is 17.0 Å². The van der Waals surface area contributed by atoms with Crippen LogP contribution in [0, 0.1) is 0 Å². The van der Waals surface area contributed by atoms with Crippen LogP contribution in [0.2, 0.25) is 0 Å². The fraction of sp³-hybridized carbons (Fsp3) is 0.438. The molecule has 0 bridgehead atoms. The number of carbonyl (C=O) groups excluding carboxylic acids is 2. The lowest BCUT2D eigenvalue weighted by Crippen LogP contribution is -2.36. The summed E-state index contributed by atoms with van der Waals surface area (Å²) in [6, 6.07) is 0. The van der Waals surface area contributed by atoms with E-state index >= 15 is 0 Å². The summed E-state index contributed by atoms with van der Waals surface area (Å²) in [7, 11) is 0. The summed E-state index contributed by atoms with van der Waals surface area (Å²) in [5.41, 5.74) is 4.78. The summed E-state index contributed by atoms with van der Waals surface area (Å²) in [5.74, 6) is -1.05. The summed E-state index contributed by atoms with van der Waals surface area (Å²) in [6.45, 7) is 4.18. The summed E-state index contributed by atoms with van der Waals surface area (Å²) >= 11 is 2.42. The number of ether oxygens (including phenoxy) is 1.